The van der Waals surface area contributed by atoms with Gasteiger partial charge in [0.2, 0.25) is 0 Å². The van der Waals surface area contributed by atoms with Gasteiger partial charge in [-0.1, -0.05) is 37.3 Å². The first kappa shape index (κ1) is 16.8. The average Bonchev–Trinajstić information content (AvgIpc) is 2.67. The fourth-order valence-electron chi connectivity index (χ4n) is 2.53. The molecular formula is C20H22N4O. The van der Waals surface area contributed by atoms with E-state index in [9.17, 15) is 0 Å². The molecular weight excluding hydrogens is 312 g/mol. The summed E-state index contributed by atoms with van der Waals surface area (Å²) in [5.41, 5.74) is 3.40. The lowest BCUT2D eigenvalue weighted by Crippen LogP contribution is -2.04. The number of rotatable bonds is 7. The van der Waals surface area contributed by atoms with E-state index in [-0.39, 0.29) is 0 Å². The summed E-state index contributed by atoms with van der Waals surface area (Å²) in [5.74, 6) is 2.37. The standard InChI is InChI=1S/C20H22N4O/c1-3-15-8-10-17(11-9-15)24-20-12-19(22-14-23-20)21-13-16-6-4-5-7-18(16)25-2/h4-12,14H,3,13H2,1-2H3,(H2,21,22,23,24). The number of ether oxygens (including phenoxy) is 1. The van der Waals surface area contributed by atoms with Crippen molar-refractivity contribution in [2.75, 3.05) is 17.7 Å². The molecule has 3 rings (SSSR count). The van der Waals surface area contributed by atoms with E-state index in [0.717, 1.165) is 35.1 Å². The van der Waals surface area contributed by atoms with E-state index in [1.54, 1.807) is 13.4 Å². The van der Waals surface area contributed by atoms with Crippen LogP contribution in [0.4, 0.5) is 17.3 Å². The molecule has 0 bridgehead atoms. The summed E-state index contributed by atoms with van der Waals surface area (Å²) in [4.78, 5) is 8.55. The maximum Gasteiger partial charge on any atom is 0.135 e. The number of anilines is 3. The third-order valence-electron chi connectivity index (χ3n) is 3.95. The van der Waals surface area contributed by atoms with Gasteiger partial charge in [-0.2, -0.15) is 0 Å². The van der Waals surface area contributed by atoms with Gasteiger partial charge >= 0.3 is 0 Å². The minimum atomic E-state index is 0.631. The zero-order valence-corrected chi connectivity index (χ0v) is 14.5. The fraction of sp³-hybridized carbons (Fsp3) is 0.200. The van der Waals surface area contributed by atoms with Gasteiger partial charge in [0, 0.05) is 23.9 Å². The summed E-state index contributed by atoms with van der Waals surface area (Å²) in [6.07, 6.45) is 2.58. The molecule has 3 aromatic rings. The highest BCUT2D eigenvalue weighted by Gasteiger charge is 2.03. The van der Waals surface area contributed by atoms with Crippen LogP contribution in [-0.2, 0) is 13.0 Å². The lowest BCUT2D eigenvalue weighted by atomic mass is 10.1. The molecule has 25 heavy (non-hydrogen) atoms. The van der Waals surface area contributed by atoms with Crippen LogP contribution < -0.4 is 15.4 Å². The van der Waals surface area contributed by atoms with E-state index in [0.29, 0.717) is 6.54 Å². The van der Waals surface area contributed by atoms with Crippen LogP contribution in [0.2, 0.25) is 0 Å². The second kappa shape index (κ2) is 8.15. The van der Waals surface area contributed by atoms with Gasteiger partial charge < -0.3 is 15.4 Å². The maximum atomic E-state index is 5.37. The van der Waals surface area contributed by atoms with Crippen LogP contribution in [0, 0.1) is 0 Å². The monoisotopic (exact) mass is 334 g/mol. The van der Waals surface area contributed by atoms with Crippen LogP contribution >= 0.6 is 0 Å². The highest BCUT2D eigenvalue weighted by molar-refractivity contribution is 5.59. The van der Waals surface area contributed by atoms with Crippen molar-refractivity contribution in [1.29, 1.82) is 0 Å². The smallest absolute Gasteiger partial charge is 0.135 e. The molecule has 5 heteroatoms. The van der Waals surface area contributed by atoms with E-state index < -0.39 is 0 Å². The summed E-state index contributed by atoms with van der Waals surface area (Å²) in [7, 11) is 1.68. The number of nitrogens with zero attached hydrogens (tertiary/aromatic N) is 2. The van der Waals surface area contributed by atoms with Crippen LogP contribution in [0.5, 0.6) is 5.75 Å². The first-order chi connectivity index (χ1) is 12.3. The molecule has 1 heterocycles. The van der Waals surface area contributed by atoms with Crippen LogP contribution in [0.1, 0.15) is 18.1 Å². The summed E-state index contributed by atoms with van der Waals surface area (Å²) >= 11 is 0. The molecule has 0 saturated heterocycles. The molecule has 0 aliphatic rings. The number of aromatic nitrogens is 2. The minimum Gasteiger partial charge on any atom is -0.496 e. The Hall–Kier alpha value is -3.08. The number of hydrogen-bond acceptors (Lipinski definition) is 5. The molecule has 2 aromatic carbocycles. The van der Waals surface area contributed by atoms with Crippen molar-refractivity contribution in [2.45, 2.75) is 19.9 Å². The molecule has 0 unspecified atom stereocenters. The first-order valence-corrected chi connectivity index (χ1v) is 8.32. The number of nitrogens with one attached hydrogen (secondary N) is 2. The van der Waals surface area contributed by atoms with Crippen LogP contribution in [-0.4, -0.2) is 17.1 Å². The number of hydrogen-bond donors (Lipinski definition) is 2. The Balaban J connectivity index is 1.66. The molecule has 2 N–H and O–H groups in total. The van der Waals surface area contributed by atoms with Gasteiger partial charge in [-0.15, -0.1) is 0 Å². The van der Waals surface area contributed by atoms with Crippen LogP contribution in [0.15, 0.2) is 60.9 Å². The Morgan fingerprint density at radius 2 is 1.72 bits per heavy atom. The Morgan fingerprint density at radius 3 is 2.48 bits per heavy atom. The van der Waals surface area contributed by atoms with E-state index >= 15 is 0 Å². The van der Waals surface area contributed by atoms with E-state index in [1.165, 1.54) is 5.56 Å². The Morgan fingerprint density at radius 1 is 0.960 bits per heavy atom. The second-order valence-electron chi connectivity index (χ2n) is 5.63. The Bertz CT molecular complexity index is 818. The summed E-state index contributed by atoms with van der Waals surface area (Å²) in [5, 5.41) is 6.61. The van der Waals surface area contributed by atoms with Gasteiger partial charge in [-0.3, -0.25) is 0 Å². The SMILES string of the molecule is CCc1ccc(Nc2cc(NCc3ccccc3OC)ncn2)cc1. The largest absolute Gasteiger partial charge is 0.496 e. The van der Waals surface area contributed by atoms with Gasteiger partial charge in [-0.05, 0) is 30.2 Å². The molecule has 0 amide bonds. The lowest BCUT2D eigenvalue weighted by Gasteiger charge is -2.11. The molecule has 0 aliphatic carbocycles. The highest BCUT2D eigenvalue weighted by Crippen LogP contribution is 2.20. The van der Waals surface area contributed by atoms with Crippen molar-refractivity contribution in [1.82, 2.24) is 9.97 Å². The molecule has 0 saturated carbocycles. The van der Waals surface area contributed by atoms with Crippen molar-refractivity contribution in [3.8, 4) is 5.75 Å². The lowest BCUT2D eigenvalue weighted by molar-refractivity contribution is 0.410. The van der Waals surface area contributed by atoms with E-state index in [1.807, 2.05) is 30.3 Å². The molecule has 1 aromatic heterocycles. The topological polar surface area (TPSA) is 59.1 Å². The van der Waals surface area contributed by atoms with E-state index in [2.05, 4.69) is 51.8 Å². The molecule has 0 atom stereocenters. The Kier molecular flexibility index (Phi) is 5.46. The third kappa shape index (κ3) is 4.47. The van der Waals surface area contributed by atoms with Gasteiger partial charge in [0.1, 0.15) is 23.7 Å². The highest BCUT2D eigenvalue weighted by atomic mass is 16.5. The normalized spacial score (nSPS) is 10.3. The zero-order chi connectivity index (χ0) is 17.5. The molecule has 0 spiro atoms. The van der Waals surface area contributed by atoms with Crippen LogP contribution in [0.25, 0.3) is 0 Å². The molecule has 0 aliphatic heterocycles. The molecule has 128 valence electrons. The van der Waals surface area contributed by atoms with Crippen molar-refractivity contribution in [2.24, 2.45) is 0 Å². The van der Waals surface area contributed by atoms with Gasteiger partial charge in [0.25, 0.3) is 0 Å². The van der Waals surface area contributed by atoms with Crippen molar-refractivity contribution >= 4 is 17.3 Å². The van der Waals surface area contributed by atoms with Gasteiger partial charge in [0.15, 0.2) is 0 Å². The second-order valence-corrected chi connectivity index (χ2v) is 5.63. The molecule has 0 fully saturated rings. The van der Waals surface area contributed by atoms with Crippen LogP contribution in [0.3, 0.4) is 0 Å². The predicted octanol–water partition coefficient (Wildman–Crippen LogP) is 4.40. The fourth-order valence-corrected chi connectivity index (χ4v) is 2.53. The number of para-hydroxylation sites is 1. The minimum absolute atomic E-state index is 0.631. The summed E-state index contributed by atoms with van der Waals surface area (Å²) in [6.45, 7) is 2.78. The zero-order valence-electron chi connectivity index (χ0n) is 14.5. The third-order valence-corrected chi connectivity index (χ3v) is 3.95. The van der Waals surface area contributed by atoms with Gasteiger partial charge in [0.05, 0.1) is 7.11 Å². The van der Waals surface area contributed by atoms with Crippen molar-refractivity contribution in [3.05, 3.63) is 72.1 Å². The van der Waals surface area contributed by atoms with Crippen molar-refractivity contribution < 1.29 is 4.74 Å². The average molecular weight is 334 g/mol. The van der Waals surface area contributed by atoms with E-state index in [4.69, 9.17) is 4.74 Å². The quantitative estimate of drug-likeness (QED) is 0.670. The van der Waals surface area contributed by atoms with Gasteiger partial charge in [-0.25, -0.2) is 9.97 Å². The van der Waals surface area contributed by atoms with Crippen molar-refractivity contribution in [3.63, 3.8) is 0 Å². The molecule has 0 radical (unpaired) electrons. The number of methoxy groups -OCH3 is 1. The molecule has 5 nitrogen and oxygen atoms in total. The number of benzene rings is 2. The predicted molar refractivity (Wildman–Crippen MR) is 101 cm³/mol. The number of aryl methyl sites for hydroxylation is 1. The summed E-state index contributed by atoms with van der Waals surface area (Å²) in [6, 6.07) is 18.2. The first-order valence-electron chi connectivity index (χ1n) is 8.32. The Labute approximate surface area is 148 Å². The maximum absolute atomic E-state index is 5.37. The summed E-state index contributed by atoms with van der Waals surface area (Å²) < 4.78 is 5.37.